The molecule has 3 N–H and O–H groups in total. The molecule has 10 heteroatoms. The Bertz CT molecular complexity index is 1190. The molecule has 2 aromatic rings. The number of nitrogens with zero attached hydrogens (tertiary/aromatic N) is 1. The van der Waals surface area contributed by atoms with Crippen molar-refractivity contribution in [1.82, 2.24) is 14.9 Å². The minimum atomic E-state index is -4.01. The second kappa shape index (κ2) is 12.4. The van der Waals surface area contributed by atoms with E-state index < -0.39 is 16.1 Å². The lowest BCUT2D eigenvalue weighted by Crippen LogP contribution is -2.48. The summed E-state index contributed by atoms with van der Waals surface area (Å²) < 4.78 is 28.6. The first-order valence-electron chi connectivity index (χ1n) is 12.9. The van der Waals surface area contributed by atoms with Gasteiger partial charge in [0.1, 0.15) is 6.04 Å². The Labute approximate surface area is 223 Å². The van der Waals surface area contributed by atoms with Gasteiger partial charge in [-0.25, -0.2) is 8.42 Å². The number of sulfonamides is 1. The van der Waals surface area contributed by atoms with E-state index in [1.807, 2.05) is 0 Å². The summed E-state index contributed by atoms with van der Waals surface area (Å²) >= 11 is 5.96. The molecular formula is C27H34ClN3O5S. The molecule has 2 amide bonds. The largest absolute Gasteiger partial charge is 0.396 e. The number of aliphatic hydroxyl groups excluding tert-OH is 1. The highest BCUT2D eigenvalue weighted by Gasteiger charge is 2.36. The fourth-order valence-electron chi connectivity index (χ4n) is 5.11. The molecule has 2 aliphatic rings. The Morgan fingerprint density at radius 1 is 1.00 bits per heavy atom. The first kappa shape index (κ1) is 27.6. The van der Waals surface area contributed by atoms with Crippen LogP contribution in [0.5, 0.6) is 0 Å². The van der Waals surface area contributed by atoms with Gasteiger partial charge < -0.3 is 15.7 Å². The van der Waals surface area contributed by atoms with Crippen molar-refractivity contribution < 1.29 is 23.1 Å². The number of nitrogens with one attached hydrogen (secondary N) is 2. The Morgan fingerprint density at radius 3 is 2.38 bits per heavy atom. The molecule has 0 aromatic heterocycles. The van der Waals surface area contributed by atoms with Crippen LogP contribution < -0.4 is 10.6 Å². The molecule has 4 rings (SSSR count). The van der Waals surface area contributed by atoms with E-state index in [4.69, 9.17) is 11.6 Å². The summed E-state index contributed by atoms with van der Waals surface area (Å²) in [6, 6.07) is 11.8. The predicted octanol–water partition coefficient (Wildman–Crippen LogP) is 3.48. The number of aliphatic hydroxyl groups is 1. The predicted molar refractivity (Wildman–Crippen MR) is 142 cm³/mol. The van der Waals surface area contributed by atoms with Gasteiger partial charge in [-0.3, -0.25) is 9.59 Å². The Morgan fingerprint density at radius 2 is 1.68 bits per heavy atom. The van der Waals surface area contributed by atoms with Gasteiger partial charge in [-0.1, -0.05) is 36.6 Å². The number of hydrogen-bond acceptors (Lipinski definition) is 5. The average Bonchev–Trinajstić information content (AvgIpc) is 3.12. The highest BCUT2D eigenvalue weighted by Crippen LogP contribution is 2.27. The van der Waals surface area contributed by atoms with Gasteiger partial charge in [-0.05, 0) is 74.1 Å². The molecule has 1 saturated heterocycles. The van der Waals surface area contributed by atoms with Crippen LogP contribution in [0.1, 0.15) is 60.9 Å². The second-order valence-electron chi connectivity index (χ2n) is 9.81. The third-order valence-corrected chi connectivity index (χ3v) is 9.41. The van der Waals surface area contributed by atoms with Crippen LogP contribution in [0.25, 0.3) is 0 Å². The quantitative estimate of drug-likeness (QED) is 0.468. The van der Waals surface area contributed by atoms with Crippen molar-refractivity contribution in [1.29, 1.82) is 0 Å². The SMILES string of the molecule is O=C(N[C@@H]1CCCC[C@@H]1CO)c1ccc(CN([C@@H]2CCCCNC2=O)S(=O)(=O)c2ccc(Cl)cc2)cc1. The normalized spacial score (nSPS) is 22.8. The smallest absolute Gasteiger partial charge is 0.251 e. The van der Waals surface area contributed by atoms with Crippen molar-refractivity contribution in [3.63, 3.8) is 0 Å². The number of carbonyl (C=O) groups is 2. The second-order valence-corrected chi connectivity index (χ2v) is 12.1. The summed E-state index contributed by atoms with van der Waals surface area (Å²) in [4.78, 5) is 25.8. The molecule has 1 aliphatic carbocycles. The molecule has 0 unspecified atom stereocenters. The van der Waals surface area contributed by atoms with Crippen LogP contribution in [0.15, 0.2) is 53.4 Å². The maximum absolute atomic E-state index is 13.7. The van der Waals surface area contributed by atoms with Crippen molar-refractivity contribution in [2.45, 2.75) is 68.5 Å². The van der Waals surface area contributed by atoms with Crippen LogP contribution in [0.3, 0.4) is 0 Å². The maximum Gasteiger partial charge on any atom is 0.251 e. The Hall–Kier alpha value is -2.46. The molecule has 1 saturated carbocycles. The van der Waals surface area contributed by atoms with Gasteiger partial charge >= 0.3 is 0 Å². The van der Waals surface area contributed by atoms with Crippen molar-refractivity contribution in [2.75, 3.05) is 13.2 Å². The van der Waals surface area contributed by atoms with E-state index in [1.165, 1.54) is 28.6 Å². The number of hydrogen-bond donors (Lipinski definition) is 3. The van der Waals surface area contributed by atoms with E-state index in [1.54, 1.807) is 24.3 Å². The van der Waals surface area contributed by atoms with E-state index in [0.29, 0.717) is 29.1 Å². The summed E-state index contributed by atoms with van der Waals surface area (Å²) in [7, 11) is -4.01. The minimum absolute atomic E-state index is 0.0137. The van der Waals surface area contributed by atoms with Crippen LogP contribution in [0.2, 0.25) is 5.02 Å². The van der Waals surface area contributed by atoms with Gasteiger partial charge in [0.15, 0.2) is 0 Å². The summed E-state index contributed by atoms with van der Waals surface area (Å²) in [6.07, 6.45) is 5.76. The first-order valence-corrected chi connectivity index (χ1v) is 14.7. The van der Waals surface area contributed by atoms with Crippen molar-refractivity contribution in [3.8, 4) is 0 Å². The third kappa shape index (κ3) is 6.71. The van der Waals surface area contributed by atoms with E-state index in [-0.39, 0.29) is 41.8 Å². The van der Waals surface area contributed by atoms with E-state index in [2.05, 4.69) is 10.6 Å². The van der Waals surface area contributed by atoms with E-state index in [0.717, 1.165) is 38.5 Å². The molecule has 0 spiro atoms. The zero-order valence-electron chi connectivity index (χ0n) is 20.7. The van der Waals surface area contributed by atoms with Gasteiger partial charge in [0.05, 0.1) is 4.90 Å². The van der Waals surface area contributed by atoms with E-state index in [9.17, 15) is 23.1 Å². The first-order chi connectivity index (χ1) is 17.8. The Balaban J connectivity index is 1.55. The topological polar surface area (TPSA) is 116 Å². The summed E-state index contributed by atoms with van der Waals surface area (Å²) in [5, 5.41) is 15.9. The lowest BCUT2D eigenvalue weighted by Gasteiger charge is -2.31. The highest BCUT2D eigenvalue weighted by molar-refractivity contribution is 7.89. The molecule has 0 radical (unpaired) electrons. The van der Waals surface area contributed by atoms with Crippen molar-refractivity contribution in [2.24, 2.45) is 5.92 Å². The summed E-state index contributed by atoms with van der Waals surface area (Å²) in [6.45, 7) is 0.558. The molecule has 0 bridgehead atoms. The molecule has 2 aromatic carbocycles. The van der Waals surface area contributed by atoms with Crippen LogP contribution in [-0.2, 0) is 21.4 Å². The molecule has 8 nitrogen and oxygen atoms in total. The van der Waals surface area contributed by atoms with Crippen LogP contribution >= 0.6 is 11.6 Å². The number of carbonyl (C=O) groups excluding carboxylic acids is 2. The fraction of sp³-hybridized carbons (Fsp3) is 0.481. The molecule has 3 atom stereocenters. The van der Waals surface area contributed by atoms with Crippen LogP contribution in [0.4, 0.5) is 0 Å². The number of halogens is 1. The standard InChI is InChI=1S/C27H34ClN3O5S/c28-22-12-14-23(15-13-22)37(35,36)31(25-7-3-4-16-29-27(25)34)17-19-8-10-20(11-9-19)26(33)30-24-6-2-1-5-21(24)18-32/h8-15,21,24-25,32H,1-7,16-18H2,(H,29,34)(H,30,33)/t21-,24-,25-/m1/s1. The van der Waals surface area contributed by atoms with E-state index >= 15 is 0 Å². The van der Waals surface area contributed by atoms with Gasteiger partial charge in [-0.2, -0.15) is 4.31 Å². The molecule has 2 fully saturated rings. The molecule has 1 heterocycles. The molecule has 37 heavy (non-hydrogen) atoms. The maximum atomic E-state index is 13.7. The average molecular weight is 548 g/mol. The Kier molecular flexibility index (Phi) is 9.23. The fourth-order valence-corrected chi connectivity index (χ4v) is 6.84. The van der Waals surface area contributed by atoms with Gasteiger partial charge in [0.2, 0.25) is 15.9 Å². The van der Waals surface area contributed by atoms with Crippen LogP contribution in [-0.4, -0.2) is 54.9 Å². The third-order valence-electron chi connectivity index (χ3n) is 7.29. The molecular weight excluding hydrogens is 514 g/mol. The lowest BCUT2D eigenvalue weighted by molar-refractivity contribution is -0.124. The van der Waals surface area contributed by atoms with Crippen molar-refractivity contribution in [3.05, 3.63) is 64.7 Å². The van der Waals surface area contributed by atoms with Crippen molar-refractivity contribution >= 4 is 33.4 Å². The number of benzene rings is 2. The number of amides is 2. The molecule has 200 valence electrons. The van der Waals surface area contributed by atoms with Gasteiger partial charge in [-0.15, -0.1) is 0 Å². The van der Waals surface area contributed by atoms with Crippen LogP contribution in [0, 0.1) is 5.92 Å². The monoisotopic (exact) mass is 547 g/mol. The zero-order valence-corrected chi connectivity index (χ0v) is 22.3. The summed E-state index contributed by atoms with van der Waals surface area (Å²) in [5.74, 6) is -0.461. The minimum Gasteiger partial charge on any atom is -0.396 e. The number of rotatable bonds is 8. The summed E-state index contributed by atoms with van der Waals surface area (Å²) in [5.41, 5.74) is 1.13. The molecule has 1 aliphatic heterocycles. The highest BCUT2D eigenvalue weighted by atomic mass is 35.5. The lowest BCUT2D eigenvalue weighted by atomic mass is 9.85. The van der Waals surface area contributed by atoms with Gasteiger partial charge in [0, 0.05) is 42.2 Å². The zero-order chi connectivity index (χ0) is 26.4. The van der Waals surface area contributed by atoms with Gasteiger partial charge in [0.25, 0.3) is 5.91 Å².